The Balaban J connectivity index is 0. The first-order valence-corrected chi connectivity index (χ1v) is 2.76. The third kappa shape index (κ3) is 5.55. The van der Waals surface area contributed by atoms with Crippen LogP contribution in [0.3, 0.4) is 0 Å². The Labute approximate surface area is 98.4 Å². The van der Waals surface area contributed by atoms with Crippen LogP contribution in [0.15, 0.2) is 0 Å². The molecule has 0 aromatic heterocycles. The number of rotatable bonds is 2. The molecule has 48 valence electrons. The predicted octanol–water partition coefficient (Wildman–Crippen LogP) is -2.97. The molecule has 3 heteroatoms. The summed E-state index contributed by atoms with van der Waals surface area (Å²) in [5.74, 6) is -1.10. The molecule has 0 radical (unpaired) electrons. The van der Waals surface area contributed by atoms with Crippen molar-refractivity contribution in [3.05, 3.63) is 0 Å². The predicted molar refractivity (Wildman–Crippen MR) is 29.0 cm³/mol. The van der Waals surface area contributed by atoms with Gasteiger partial charge in [-0.15, -0.1) is 0 Å². The van der Waals surface area contributed by atoms with Gasteiger partial charge in [-0.2, -0.15) is 0 Å². The van der Waals surface area contributed by atoms with Gasteiger partial charge in [0.05, 0.1) is 0 Å². The third-order valence-electron chi connectivity index (χ3n) is 1.37. The standard InChI is InChI=1S/C6H12O2.K/c1-4(2)5(3)6(7)8;/h4-5H,1-3H3,(H,7,8);/q;+1/p-1. The summed E-state index contributed by atoms with van der Waals surface area (Å²) in [7, 11) is 0. The summed E-state index contributed by atoms with van der Waals surface area (Å²) >= 11 is 0. The van der Waals surface area contributed by atoms with E-state index in [4.69, 9.17) is 0 Å². The fourth-order valence-electron chi connectivity index (χ4n) is 0.272. The van der Waals surface area contributed by atoms with E-state index in [2.05, 4.69) is 0 Å². The first-order valence-electron chi connectivity index (χ1n) is 2.76. The second-order valence-electron chi connectivity index (χ2n) is 2.35. The van der Waals surface area contributed by atoms with Crippen LogP contribution in [0, 0.1) is 11.8 Å². The summed E-state index contributed by atoms with van der Waals surface area (Å²) < 4.78 is 0. The molecular formula is C6H11KO2. The first-order chi connectivity index (χ1) is 3.55. The smallest absolute Gasteiger partial charge is 0.550 e. The van der Waals surface area contributed by atoms with Crippen molar-refractivity contribution in [3.63, 3.8) is 0 Å². The summed E-state index contributed by atoms with van der Waals surface area (Å²) in [4.78, 5) is 10.0. The average Bonchev–Trinajstić information content (AvgIpc) is 1.64. The fourth-order valence-corrected chi connectivity index (χ4v) is 0.272. The second-order valence-corrected chi connectivity index (χ2v) is 2.35. The number of hydrogen-bond donors (Lipinski definition) is 0. The van der Waals surface area contributed by atoms with Crippen LogP contribution in [0.1, 0.15) is 20.8 Å². The minimum atomic E-state index is -0.958. The Kier molecular flexibility index (Phi) is 8.30. The van der Waals surface area contributed by atoms with E-state index in [1.54, 1.807) is 6.92 Å². The Morgan fingerprint density at radius 1 is 1.33 bits per heavy atom. The summed E-state index contributed by atoms with van der Waals surface area (Å²) in [5, 5.41) is 10.0. The van der Waals surface area contributed by atoms with Crippen molar-refractivity contribution in [2.24, 2.45) is 11.8 Å². The molecule has 0 saturated heterocycles. The van der Waals surface area contributed by atoms with E-state index >= 15 is 0 Å². The number of carbonyl (C=O) groups is 1. The van der Waals surface area contributed by atoms with Crippen molar-refractivity contribution in [2.45, 2.75) is 20.8 Å². The molecule has 9 heavy (non-hydrogen) atoms. The molecule has 0 fully saturated rings. The Bertz CT molecular complexity index is 91.1. The largest absolute Gasteiger partial charge is 1.00 e. The molecule has 0 heterocycles. The van der Waals surface area contributed by atoms with Crippen LogP contribution in [-0.4, -0.2) is 5.97 Å². The Morgan fingerprint density at radius 3 is 1.67 bits per heavy atom. The fraction of sp³-hybridized carbons (Fsp3) is 0.833. The van der Waals surface area contributed by atoms with Gasteiger partial charge in [-0.1, -0.05) is 20.8 Å². The topological polar surface area (TPSA) is 40.1 Å². The molecule has 0 aliphatic heterocycles. The maximum atomic E-state index is 10.0. The molecule has 2 nitrogen and oxygen atoms in total. The van der Waals surface area contributed by atoms with Gasteiger partial charge in [0, 0.05) is 5.97 Å². The normalized spacial score (nSPS) is 12.4. The van der Waals surface area contributed by atoms with E-state index in [-0.39, 0.29) is 63.2 Å². The molecule has 0 rings (SSSR count). The molecule has 0 aliphatic rings. The second kappa shape index (κ2) is 5.86. The molecule has 0 N–H and O–H groups in total. The SMILES string of the molecule is CC(C)C(C)C(=O)[O-].[K+]. The monoisotopic (exact) mass is 154 g/mol. The maximum Gasteiger partial charge on any atom is 1.00 e. The molecule has 0 aromatic rings. The summed E-state index contributed by atoms with van der Waals surface area (Å²) in [6.07, 6.45) is 0. The Hall–Kier alpha value is 1.11. The van der Waals surface area contributed by atoms with Crippen molar-refractivity contribution >= 4 is 5.97 Å². The summed E-state index contributed by atoms with van der Waals surface area (Å²) in [5.41, 5.74) is 0. The zero-order valence-corrected chi connectivity index (χ0v) is 9.59. The molecule has 0 bridgehead atoms. The number of carboxylic acid groups (broad SMARTS) is 1. The van der Waals surface area contributed by atoms with Gasteiger partial charge in [0.15, 0.2) is 0 Å². The quantitative estimate of drug-likeness (QED) is 0.399. The van der Waals surface area contributed by atoms with Crippen LogP contribution < -0.4 is 56.5 Å². The van der Waals surface area contributed by atoms with Gasteiger partial charge < -0.3 is 9.90 Å². The number of carboxylic acids is 1. The van der Waals surface area contributed by atoms with Crippen molar-refractivity contribution in [3.8, 4) is 0 Å². The molecule has 1 atom stereocenters. The minimum Gasteiger partial charge on any atom is -0.550 e. The number of hydrogen-bond acceptors (Lipinski definition) is 2. The zero-order chi connectivity index (χ0) is 6.73. The first kappa shape index (κ1) is 12.8. The summed E-state index contributed by atoms with van der Waals surface area (Å²) in [6, 6.07) is 0. The average molecular weight is 154 g/mol. The number of carbonyl (C=O) groups excluding carboxylic acids is 1. The molecule has 1 unspecified atom stereocenters. The van der Waals surface area contributed by atoms with Gasteiger partial charge >= 0.3 is 51.4 Å². The molecular weight excluding hydrogens is 143 g/mol. The summed E-state index contributed by atoms with van der Waals surface area (Å²) in [6.45, 7) is 5.38. The van der Waals surface area contributed by atoms with Crippen molar-refractivity contribution in [1.29, 1.82) is 0 Å². The molecule has 0 saturated carbocycles. The van der Waals surface area contributed by atoms with Crippen molar-refractivity contribution in [2.75, 3.05) is 0 Å². The Morgan fingerprint density at radius 2 is 1.67 bits per heavy atom. The number of aliphatic carboxylic acids is 1. The minimum absolute atomic E-state index is 0. The van der Waals surface area contributed by atoms with E-state index in [0.717, 1.165) is 0 Å². The van der Waals surface area contributed by atoms with Crippen LogP contribution >= 0.6 is 0 Å². The van der Waals surface area contributed by atoms with E-state index in [9.17, 15) is 9.90 Å². The van der Waals surface area contributed by atoms with E-state index in [1.165, 1.54) is 0 Å². The van der Waals surface area contributed by atoms with Gasteiger partial charge in [0.25, 0.3) is 0 Å². The van der Waals surface area contributed by atoms with Gasteiger partial charge in [0.2, 0.25) is 0 Å². The van der Waals surface area contributed by atoms with Crippen LogP contribution in [0.25, 0.3) is 0 Å². The third-order valence-corrected chi connectivity index (χ3v) is 1.37. The van der Waals surface area contributed by atoms with Gasteiger partial charge in [-0.25, -0.2) is 0 Å². The van der Waals surface area contributed by atoms with Crippen molar-refractivity contribution < 1.29 is 61.3 Å². The maximum absolute atomic E-state index is 10.0. The molecule has 0 aliphatic carbocycles. The van der Waals surface area contributed by atoms with Crippen LogP contribution in [0.5, 0.6) is 0 Å². The van der Waals surface area contributed by atoms with Crippen LogP contribution in [0.2, 0.25) is 0 Å². The van der Waals surface area contributed by atoms with E-state index < -0.39 is 5.97 Å². The zero-order valence-electron chi connectivity index (χ0n) is 6.47. The van der Waals surface area contributed by atoms with Gasteiger partial charge in [0.1, 0.15) is 0 Å². The van der Waals surface area contributed by atoms with E-state index in [0.29, 0.717) is 0 Å². The molecule has 0 aromatic carbocycles. The molecule has 0 spiro atoms. The van der Waals surface area contributed by atoms with Gasteiger partial charge in [-0.3, -0.25) is 0 Å². The molecule has 0 amide bonds. The van der Waals surface area contributed by atoms with Crippen molar-refractivity contribution in [1.82, 2.24) is 0 Å². The van der Waals surface area contributed by atoms with E-state index in [1.807, 2.05) is 13.8 Å². The van der Waals surface area contributed by atoms with Crippen LogP contribution in [-0.2, 0) is 4.79 Å². The van der Waals surface area contributed by atoms with Gasteiger partial charge in [-0.05, 0) is 11.8 Å². The van der Waals surface area contributed by atoms with Crippen LogP contribution in [0.4, 0.5) is 0 Å².